The van der Waals surface area contributed by atoms with Gasteiger partial charge in [-0.2, -0.15) is 0 Å². The number of benzene rings is 1. The lowest BCUT2D eigenvalue weighted by Gasteiger charge is -2.24. The van der Waals surface area contributed by atoms with Gasteiger partial charge in [0.2, 0.25) is 5.91 Å². The van der Waals surface area contributed by atoms with Gasteiger partial charge in [-0.3, -0.25) is 19.8 Å². The van der Waals surface area contributed by atoms with Crippen LogP contribution in [0.1, 0.15) is 29.3 Å². The van der Waals surface area contributed by atoms with Crippen molar-refractivity contribution >= 4 is 11.6 Å². The number of primary amides is 1. The van der Waals surface area contributed by atoms with Crippen LogP contribution in [0.15, 0.2) is 18.2 Å². The first kappa shape index (κ1) is 15.4. The van der Waals surface area contributed by atoms with Crippen molar-refractivity contribution in [3.8, 4) is 0 Å². The van der Waals surface area contributed by atoms with Crippen molar-refractivity contribution in [2.45, 2.75) is 25.9 Å². The Hall–Kier alpha value is -1.99. The quantitative estimate of drug-likeness (QED) is 0.619. The van der Waals surface area contributed by atoms with Gasteiger partial charge in [0.1, 0.15) is 0 Å². The molecule has 2 unspecified atom stereocenters. The second kappa shape index (κ2) is 6.19. The molecule has 2 rings (SSSR count). The number of nitrogens with zero attached hydrogens (tertiary/aromatic N) is 2. The number of carbonyl (C=O) groups is 1. The van der Waals surface area contributed by atoms with Crippen molar-refractivity contribution < 1.29 is 14.8 Å². The molecule has 1 fully saturated rings. The molecule has 7 heteroatoms. The molecule has 3 N–H and O–H groups in total. The zero-order chi connectivity index (χ0) is 15.6. The summed E-state index contributed by atoms with van der Waals surface area (Å²) in [7, 11) is 0. The summed E-state index contributed by atoms with van der Waals surface area (Å²) in [6.45, 7) is 3.27. The van der Waals surface area contributed by atoms with E-state index in [1.165, 1.54) is 12.1 Å². The van der Waals surface area contributed by atoms with Gasteiger partial charge >= 0.3 is 0 Å². The number of aliphatic hydroxyl groups excluding tert-OH is 1. The minimum Gasteiger partial charge on any atom is -0.395 e. The van der Waals surface area contributed by atoms with Crippen LogP contribution < -0.4 is 5.73 Å². The summed E-state index contributed by atoms with van der Waals surface area (Å²) in [6, 6.07) is 4.29. The number of nitro groups is 1. The van der Waals surface area contributed by atoms with E-state index < -0.39 is 10.8 Å². The molecule has 1 saturated heterocycles. The van der Waals surface area contributed by atoms with Crippen LogP contribution in [0.4, 0.5) is 5.69 Å². The van der Waals surface area contributed by atoms with Gasteiger partial charge in [-0.15, -0.1) is 0 Å². The summed E-state index contributed by atoms with van der Waals surface area (Å²) >= 11 is 0. The number of hydrogen-bond acceptors (Lipinski definition) is 5. The fraction of sp³-hybridized carbons (Fsp3) is 0.500. The van der Waals surface area contributed by atoms with Gasteiger partial charge < -0.3 is 10.8 Å². The second-order valence-electron chi connectivity index (χ2n) is 5.45. The third-order valence-electron chi connectivity index (χ3n) is 4.12. The summed E-state index contributed by atoms with van der Waals surface area (Å²) in [5.74, 6) is -0.327. The number of carbonyl (C=O) groups excluding carboxylic acids is 1. The average Bonchev–Trinajstić information content (AvgIpc) is 2.78. The molecule has 1 aliphatic heterocycles. The fourth-order valence-electron chi connectivity index (χ4n) is 2.82. The van der Waals surface area contributed by atoms with Gasteiger partial charge in [-0.05, 0) is 24.9 Å². The fourth-order valence-corrected chi connectivity index (χ4v) is 2.82. The van der Waals surface area contributed by atoms with Crippen molar-refractivity contribution in [1.29, 1.82) is 0 Å². The molecule has 0 aliphatic carbocycles. The normalized spacial score (nSPS) is 22.4. The maximum atomic E-state index is 11.2. The van der Waals surface area contributed by atoms with Crippen molar-refractivity contribution in [2.75, 3.05) is 13.2 Å². The number of hydrogen-bond donors (Lipinski definition) is 2. The van der Waals surface area contributed by atoms with E-state index in [2.05, 4.69) is 6.92 Å². The summed E-state index contributed by atoms with van der Waals surface area (Å²) in [5, 5.41) is 20.6. The van der Waals surface area contributed by atoms with E-state index in [9.17, 15) is 20.0 Å². The molecule has 1 aromatic rings. The molecular formula is C14H19N3O4. The standard InChI is InChI=1S/C14H19N3O4/c1-9-4-5-16(13(9)8-18)7-11-3-2-10(14(15)19)6-12(11)17(20)21/h2-3,6,9,13,18H,4-5,7-8H2,1H3,(H2,15,19). The third kappa shape index (κ3) is 3.20. The Morgan fingerprint density at radius 1 is 1.57 bits per heavy atom. The number of nitro benzene ring substituents is 1. The maximum absolute atomic E-state index is 11.2. The predicted octanol–water partition coefficient (Wildman–Crippen LogP) is 0.896. The van der Waals surface area contributed by atoms with Gasteiger partial charge in [-0.25, -0.2) is 0 Å². The zero-order valence-corrected chi connectivity index (χ0v) is 11.9. The highest BCUT2D eigenvalue weighted by Crippen LogP contribution is 2.28. The van der Waals surface area contributed by atoms with Gasteiger partial charge in [0.05, 0.1) is 11.5 Å². The number of nitrogens with two attached hydrogens (primary N) is 1. The maximum Gasteiger partial charge on any atom is 0.274 e. The van der Waals surface area contributed by atoms with E-state index in [1.807, 2.05) is 4.90 Å². The van der Waals surface area contributed by atoms with Crippen LogP contribution in [-0.4, -0.2) is 40.0 Å². The molecule has 0 bridgehead atoms. The molecule has 0 spiro atoms. The van der Waals surface area contributed by atoms with E-state index in [4.69, 9.17) is 5.73 Å². The van der Waals surface area contributed by atoms with Gasteiger partial charge in [0.25, 0.3) is 5.69 Å². The van der Waals surface area contributed by atoms with Crippen LogP contribution in [0.3, 0.4) is 0 Å². The Balaban J connectivity index is 2.27. The van der Waals surface area contributed by atoms with E-state index in [-0.39, 0.29) is 23.9 Å². The number of amides is 1. The van der Waals surface area contributed by atoms with Crippen LogP contribution in [-0.2, 0) is 6.54 Å². The molecule has 0 aromatic heterocycles. The number of aliphatic hydroxyl groups is 1. The first-order valence-corrected chi connectivity index (χ1v) is 6.86. The van der Waals surface area contributed by atoms with Crippen molar-refractivity contribution in [3.05, 3.63) is 39.4 Å². The zero-order valence-electron chi connectivity index (χ0n) is 11.9. The molecule has 1 amide bonds. The van der Waals surface area contributed by atoms with Crippen LogP contribution in [0, 0.1) is 16.0 Å². The highest BCUT2D eigenvalue weighted by molar-refractivity contribution is 5.93. The molecule has 0 saturated carbocycles. The molecule has 1 aromatic carbocycles. The van der Waals surface area contributed by atoms with Gasteiger partial charge in [0.15, 0.2) is 0 Å². The van der Waals surface area contributed by atoms with Gasteiger partial charge in [0, 0.05) is 29.8 Å². The van der Waals surface area contributed by atoms with Crippen molar-refractivity contribution in [2.24, 2.45) is 11.7 Å². The molecule has 1 aliphatic rings. The first-order valence-electron chi connectivity index (χ1n) is 6.86. The Labute approximate surface area is 122 Å². The van der Waals surface area contributed by atoms with E-state index in [0.29, 0.717) is 18.0 Å². The minimum atomic E-state index is -0.687. The van der Waals surface area contributed by atoms with Crippen LogP contribution in [0.25, 0.3) is 0 Å². The molecule has 21 heavy (non-hydrogen) atoms. The Bertz CT molecular complexity index is 561. The highest BCUT2D eigenvalue weighted by Gasteiger charge is 2.31. The van der Waals surface area contributed by atoms with E-state index in [1.54, 1.807) is 6.07 Å². The van der Waals surface area contributed by atoms with Crippen molar-refractivity contribution in [3.63, 3.8) is 0 Å². The summed E-state index contributed by atoms with van der Waals surface area (Å²) in [4.78, 5) is 23.8. The van der Waals surface area contributed by atoms with Crippen LogP contribution in [0.5, 0.6) is 0 Å². The molecule has 0 radical (unpaired) electrons. The Morgan fingerprint density at radius 3 is 2.86 bits per heavy atom. The topological polar surface area (TPSA) is 110 Å². The monoisotopic (exact) mass is 293 g/mol. The second-order valence-corrected chi connectivity index (χ2v) is 5.45. The average molecular weight is 293 g/mol. The van der Waals surface area contributed by atoms with Crippen molar-refractivity contribution in [1.82, 2.24) is 4.90 Å². The Morgan fingerprint density at radius 2 is 2.29 bits per heavy atom. The largest absolute Gasteiger partial charge is 0.395 e. The third-order valence-corrected chi connectivity index (χ3v) is 4.12. The predicted molar refractivity (Wildman–Crippen MR) is 76.7 cm³/mol. The molecule has 7 nitrogen and oxygen atoms in total. The number of likely N-dealkylation sites (tertiary alicyclic amines) is 1. The smallest absolute Gasteiger partial charge is 0.274 e. The van der Waals surface area contributed by atoms with Gasteiger partial charge in [-0.1, -0.05) is 13.0 Å². The summed E-state index contributed by atoms with van der Waals surface area (Å²) < 4.78 is 0. The molecule has 2 atom stereocenters. The van der Waals surface area contributed by atoms with E-state index in [0.717, 1.165) is 13.0 Å². The Kier molecular flexibility index (Phi) is 4.54. The molecular weight excluding hydrogens is 274 g/mol. The SMILES string of the molecule is CC1CCN(Cc2ccc(C(N)=O)cc2[N+](=O)[O-])C1CO. The van der Waals surface area contributed by atoms with Crippen LogP contribution >= 0.6 is 0 Å². The molecule has 114 valence electrons. The summed E-state index contributed by atoms with van der Waals surface area (Å²) in [6.07, 6.45) is 0.957. The van der Waals surface area contributed by atoms with E-state index >= 15 is 0 Å². The first-order chi connectivity index (χ1) is 9.93. The summed E-state index contributed by atoms with van der Waals surface area (Å²) in [5.41, 5.74) is 5.69. The minimum absolute atomic E-state index is 0.0143. The lowest BCUT2D eigenvalue weighted by molar-refractivity contribution is -0.385. The molecule has 1 heterocycles. The lowest BCUT2D eigenvalue weighted by atomic mass is 10.0. The highest BCUT2D eigenvalue weighted by atomic mass is 16.6. The lowest BCUT2D eigenvalue weighted by Crippen LogP contribution is -2.34. The number of rotatable bonds is 5. The van der Waals surface area contributed by atoms with Crippen LogP contribution in [0.2, 0.25) is 0 Å².